The maximum atomic E-state index is 12.5. The highest BCUT2D eigenvalue weighted by Gasteiger charge is 2.23. The van der Waals surface area contributed by atoms with Crippen molar-refractivity contribution >= 4 is 39.4 Å². The molecule has 0 aliphatic heterocycles. The first-order chi connectivity index (χ1) is 11.4. The van der Waals surface area contributed by atoms with Gasteiger partial charge in [-0.1, -0.05) is 27.5 Å². The van der Waals surface area contributed by atoms with E-state index in [1.807, 2.05) is 31.3 Å². The lowest BCUT2D eigenvalue weighted by Gasteiger charge is -2.25. The lowest BCUT2D eigenvalue weighted by atomic mass is 9.92. The Balaban J connectivity index is 1.72. The second-order valence-electron chi connectivity index (χ2n) is 6.07. The third-order valence-corrected chi connectivity index (χ3v) is 4.87. The molecule has 0 fully saturated rings. The van der Waals surface area contributed by atoms with Crippen LogP contribution in [-0.4, -0.2) is 36.0 Å². The summed E-state index contributed by atoms with van der Waals surface area (Å²) in [7, 11) is 3.85. The van der Waals surface area contributed by atoms with Gasteiger partial charge in [-0.05, 0) is 43.0 Å². The van der Waals surface area contributed by atoms with Crippen LogP contribution in [0.15, 0.2) is 28.9 Å². The molecule has 1 heterocycles. The van der Waals surface area contributed by atoms with E-state index < -0.39 is 0 Å². The van der Waals surface area contributed by atoms with Gasteiger partial charge in [-0.15, -0.1) is 0 Å². The zero-order chi connectivity index (χ0) is 17.3. The van der Waals surface area contributed by atoms with Gasteiger partial charge in [0.25, 0.3) is 5.91 Å². The van der Waals surface area contributed by atoms with E-state index in [9.17, 15) is 4.79 Å². The average Bonchev–Trinajstić information content (AvgIpc) is 2.56. The Bertz CT molecular complexity index is 781. The molecule has 1 aromatic heterocycles. The molecule has 1 atom stereocenters. The fourth-order valence-corrected chi connectivity index (χ4v) is 3.33. The van der Waals surface area contributed by atoms with Crippen LogP contribution in [0.25, 0.3) is 0 Å². The number of fused-ring (bicyclic) bond motifs is 1. The summed E-state index contributed by atoms with van der Waals surface area (Å²) < 4.78 is 0.829. The number of aromatic nitrogens is 2. The smallest absolute Gasteiger partial charge is 0.253 e. The monoisotopic (exact) mass is 408 g/mol. The molecule has 0 saturated heterocycles. The number of nitrogens with zero attached hydrogens (tertiary/aromatic N) is 3. The van der Waals surface area contributed by atoms with E-state index in [-0.39, 0.29) is 11.9 Å². The molecule has 1 amide bonds. The number of hydrogen-bond acceptors (Lipinski definition) is 4. The molecule has 1 unspecified atom stereocenters. The van der Waals surface area contributed by atoms with Crippen molar-refractivity contribution in [3.8, 4) is 0 Å². The minimum Gasteiger partial charge on any atom is -0.349 e. The Kier molecular flexibility index (Phi) is 5.06. The van der Waals surface area contributed by atoms with Crippen molar-refractivity contribution < 1.29 is 4.79 Å². The molecule has 126 valence electrons. The molecular weight excluding hydrogens is 392 g/mol. The predicted molar refractivity (Wildman–Crippen MR) is 98.8 cm³/mol. The fraction of sp³-hybridized carbons (Fsp3) is 0.353. The van der Waals surface area contributed by atoms with Crippen LogP contribution in [0.4, 0.5) is 5.95 Å². The Labute approximate surface area is 154 Å². The topological polar surface area (TPSA) is 58.1 Å². The lowest BCUT2D eigenvalue weighted by Crippen LogP contribution is -2.39. The van der Waals surface area contributed by atoms with Gasteiger partial charge in [-0.2, -0.15) is 0 Å². The van der Waals surface area contributed by atoms with E-state index in [4.69, 9.17) is 11.6 Å². The van der Waals surface area contributed by atoms with Crippen molar-refractivity contribution in [1.82, 2.24) is 15.3 Å². The number of rotatable bonds is 3. The fourth-order valence-electron chi connectivity index (χ4n) is 2.77. The Morgan fingerprint density at radius 3 is 2.96 bits per heavy atom. The highest BCUT2D eigenvalue weighted by molar-refractivity contribution is 9.10. The summed E-state index contributed by atoms with van der Waals surface area (Å²) in [4.78, 5) is 23.3. The number of amides is 1. The summed E-state index contributed by atoms with van der Waals surface area (Å²) in [6, 6.07) is 5.33. The second-order valence-corrected chi connectivity index (χ2v) is 7.40. The molecule has 7 heteroatoms. The first-order valence-electron chi connectivity index (χ1n) is 7.72. The summed E-state index contributed by atoms with van der Waals surface area (Å²) in [5.41, 5.74) is 2.65. The Morgan fingerprint density at radius 1 is 1.42 bits per heavy atom. The second kappa shape index (κ2) is 7.07. The van der Waals surface area contributed by atoms with Crippen LogP contribution in [0, 0.1) is 0 Å². The zero-order valence-electron chi connectivity index (χ0n) is 13.5. The van der Waals surface area contributed by atoms with Crippen LogP contribution in [0.5, 0.6) is 0 Å². The Morgan fingerprint density at radius 2 is 2.21 bits per heavy atom. The summed E-state index contributed by atoms with van der Waals surface area (Å²) in [6.07, 6.45) is 4.28. The normalized spacial score (nSPS) is 16.4. The van der Waals surface area contributed by atoms with Crippen molar-refractivity contribution in [2.24, 2.45) is 0 Å². The quantitative estimate of drug-likeness (QED) is 0.845. The minimum absolute atomic E-state index is 0.0638. The molecule has 1 aliphatic carbocycles. The number of nitrogens with one attached hydrogen (secondary N) is 1. The van der Waals surface area contributed by atoms with Gasteiger partial charge in [-0.25, -0.2) is 9.97 Å². The van der Waals surface area contributed by atoms with Crippen LogP contribution >= 0.6 is 27.5 Å². The first-order valence-corrected chi connectivity index (χ1v) is 8.89. The van der Waals surface area contributed by atoms with Gasteiger partial charge in [0.15, 0.2) is 0 Å². The maximum Gasteiger partial charge on any atom is 0.253 e. The molecule has 5 nitrogen and oxygen atoms in total. The molecule has 1 N–H and O–H groups in total. The predicted octanol–water partition coefficient (Wildman–Crippen LogP) is 3.25. The van der Waals surface area contributed by atoms with Gasteiger partial charge in [0.1, 0.15) is 0 Å². The van der Waals surface area contributed by atoms with Crippen molar-refractivity contribution in [2.45, 2.75) is 25.3 Å². The van der Waals surface area contributed by atoms with Gasteiger partial charge < -0.3 is 10.2 Å². The lowest BCUT2D eigenvalue weighted by molar-refractivity contribution is 0.0933. The van der Waals surface area contributed by atoms with E-state index in [0.717, 1.165) is 40.9 Å². The van der Waals surface area contributed by atoms with Crippen molar-refractivity contribution in [2.75, 3.05) is 19.0 Å². The molecule has 3 rings (SSSR count). The van der Waals surface area contributed by atoms with Gasteiger partial charge in [0.2, 0.25) is 5.95 Å². The van der Waals surface area contributed by atoms with E-state index >= 15 is 0 Å². The number of benzene rings is 1. The third-order valence-electron chi connectivity index (χ3n) is 4.05. The van der Waals surface area contributed by atoms with Crippen LogP contribution in [0.1, 0.15) is 28.0 Å². The molecule has 0 saturated carbocycles. The number of anilines is 1. The molecule has 1 aliphatic rings. The van der Waals surface area contributed by atoms with E-state index in [1.54, 1.807) is 12.1 Å². The SMILES string of the molecule is CN(C)c1ncc2c(n1)CCC(NC(=O)c1cc(Br)ccc1Cl)C2. The van der Waals surface area contributed by atoms with Crippen molar-refractivity contribution in [3.63, 3.8) is 0 Å². The molecule has 0 bridgehead atoms. The number of carbonyl (C=O) groups is 1. The van der Waals surface area contributed by atoms with Gasteiger partial charge >= 0.3 is 0 Å². The molecule has 0 radical (unpaired) electrons. The molecular formula is C17H18BrClN4O. The molecule has 24 heavy (non-hydrogen) atoms. The number of halogens is 2. The summed E-state index contributed by atoms with van der Waals surface area (Å²) in [6.45, 7) is 0. The highest BCUT2D eigenvalue weighted by atomic mass is 79.9. The van der Waals surface area contributed by atoms with Crippen LogP contribution in [0.3, 0.4) is 0 Å². The Hall–Kier alpha value is -1.66. The first kappa shape index (κ1) is 17.2. The highest BCUT2D eigenvalue weighted by Crippen LogP contribution is 2.23. The van der Waals surface area contributed by atoms with Gasteiger partial charge in [0.05, 0.1) is 10.6 Å². The largest absolute Gasteiger partial charge is 0.349 e. The third kappa shape index (κ3) is 3.70. The molecule has 1 aromatic carbocycles. The summed E-state index contributed by atoms with van der Waals surface area (Å²) >= 11 is 9.50. The summed E-state index contributed by atoms with van der Waals surface area (Å²) in [5.74, 6) is 0.567. The minimum atomic E-state index is -0.152. The van der Waals surface area contributed by atoms with E-state index in [1.165, 1.54) is 0 Å². The number of hydrogen-bond donors (Lipinski definition) is 1. The van der Waals surface area contributed by atoms with Crippen molar-refractivity contribution in [3.05, 3.63) is 50.7 Å². The number of aryl methyl sites for hydroxylation is 1. The molecule has 2 aromatic rings. The van der Waals surface area contributed by atoms with Gasteiger partial charge in [0, 0.05) is 36.5 Å². The van der Waals surface area contributed by atoms with Crippen molar-refractivity contribution in [1.29, 1.82) is 0 Å². The van der Waals surface area contributed by atoms with Crippen LogP contribution in [0.2, 0.25) is 5.02 Å². The average molecular weight is 410 g/mol. The van der Waals surface area contributed by atoms with E-state index in [0.29, 0.717) is 10.6 Å². The standard InChI is InChI=1S/C17H18BrClN4O/c1-23(2)17-20-9-10-7-12(4-6-15(10)22-17)21-16(24)13-8-11(18)3-5-14(13)19/h3,5,8-9,12H,4,6-7H2,1-2H3,(H,21,24). The summed E-state index contributed by atoms with van der Waals surface area (Å²) in [5, 5.41) is 3.52. The van der Waals surface area contributed by atoms with Gasteiger partial charge in [-0.3, -0.25) is 4.79 Å². The van der Waals surface area contributed by atoms with Crippen LogP contribution < -0.4 is 10.2 Å². The number of carbonyl (C=O) groups excluding carboxylic acids is 1. The van der Waals surface area contributed by atoms with E-state index in [2.05, 4.69) is 31.2 Å². The zero-order valence-corrected chi connectivity index (χ0v) is 15.9. The van der Waals surface area contributed by atoms with Crippen LogP contribution in [-0.2, 0) is 12.8 Å². The maximum absolute atomic E-state index is 12.5. The molecule has 0 spiro atoms.